The molecule has 29 heavy (non-hydrogen) atoms. The number of carbonyl (C=O) groups excluding carboxylic acids is 2. The van der Waals surface area contributed by atoms with Crippen molar-refractivity contribution in [3.63, 3.8) is 0 Å². The molecule has 1 atom stereocenters. The molecule has 0 radical (unpaired) electrons. The van der Waals surface area contributed by atoms with E-state index in [9.17, 15) is 9.59 Å². The number of Topliss-reactive ketones (excluding diaryl/α,β-unsaturated/α-hetero) is 1. The number of nitrogens with zero attached hydrogens (tertiary/aromatic N) is 2. The summed E-state index contributed by atoms with van der Waals surface area (Å²) in [4.78, 5) is 28.6. The first-order chi connectivity index (χ1) is 14.1. The highest BCUT2D eigenvalue weighted by Gasteiger charge is 2.21. The van der Waals surface area contributed by atoms with Gasteiger partial charge in [-0.2, -0.15) is 0 Å². The van der Waals surface area contributed by atoms with Gasteiger partial charge in [-0.05, 0) is 43.2 Å². The average Bonchev–Trinajstić information content (AvgIpc) is 2.75. The summed E-state index contributed by atoms with van der Waals surface area (Å²) in [6, 6.07) is 18.1. The van der Waals surface area contributed by atoms with Crippen molar-refractivity contribution in [2.75, 3.05) is 37.6 Å². The van der Waals surface area contributed by atoms with Crippen LogP contribution in [0.5, 0.6) is 0 Å². The SMILES string of the molecule is CCC[C@H](NC(=O)CN1CCN(c2ccc(C(C)=O)cc2)CC1)c1ccccc1. The van der Waals surface area contributed by atoms with Gasteiger partial charge in [0.1, 0.15) is 0 Å². The maximum absolute atomic E-state index is 12.6. The molecule has 1 saturated heterocycles. The molecule has 0 bridgehead atoms. The van der Waals surface area contributed by atoms with Crippen LogP contribution >= 0.6 is 0 Å². The molecule has 1 amide bonds. The first-order valence-corrected chi connectivity index (χ1v) is 10.5. The lowest BCUT2D eigenvalue weighted by atomic mass is 10.0. The van der Waals surface area contributed by atoms with Crippen molar-refractivity contribution in [1.82, 2.24) is 10.2 Å². The third-order valence-corrected chi connectivity index (χ3v) is 5.49. The van der Waals surface area contributed by atoms with Gasteiger partial charge in [0.25, 0.3) is 0 Å². The standard InChI is InChI=1S/C24H31N3O2/c1-3-7-23(21-8-5-4-6-9-21)25-24(29)18-26-14-16-27(17-15-26)22-12-10-20(11-13-22)19(2)28/h4-6,8-13,23H,3,7,14-18H2,1-2H3,(H,25,29)/t23-/m0/s1. The van der Waals surface area contributed by atoms with Crippen LogP contribution in [0.25, 0.3) is 0 Å². The van der Waals surface area contributed by atoms with Crippen molar-refractivity contribution in [2.45, 2.75) is 32.7 Å². The topological polar surface area (TPSA) is 52.7 Å². The summed E-state index contributed by atoms with van der Waals surface area (Å²) in [5.74, 6) is 0.177. The number of carbonyl (C=O) groups is 2. The highest BCUT2D eigenvalue weighted by molar-refractivity contribution is 5.94. The van der Waals surface area contributed by atoms with Gasteiger partial charge >= 0.3 is 0 Å². The molecule has 2 aromatic rings. The number of piperazine rings is 1. The minimum atomic E-state index is 0.0785. The van der Waals surface area contributed by atoms with Gasteiger partial charge in [-0.1, -0.05) is 43.7 Å². The van der Waals surface area contributed by atoms with E-state index in [1.54, 1.807) is 6.92 Å². The number of ketones is 1. The Hall–Kier alpha value is -2.66. The molecule has 1 aliphatic rings. The van der Waals surface area contributed by atoms with Crippen molar-refractivity contribution < 1.29 is 9.59 Å². The zero-order chi connectivity index (χ0) is 20.6. The lowest BCUT2D eigenvalue weighted by molar-refractivity contribution is -0.123. The normalized spacial score (nSPS) is 15.7. The van der Waals surface area contributed by atoms with Gasteiger partial charge in [-0.3, -0.25) is 14.5 Å². The number of rotatable bonds is 8. The number of nitrogens with one attached hydrogen (secondary N) is 1. The zero-order valence-electron chi connectivity index (χ0n) is 17.4. The van der Waals surface area contributed by atoms with Crippen LogP contribution in [-0.4, -0.2) is 49.3 Å². The van der Waals surface area contributed by atoms with Gasteiger partial charge in [0, 0.05) is 37.4 Å². The Morgan fingerprint density at radius 3 is 2.21 bits per heavy atom. The predicted octanol–water partition coefficient (Wildman–Crippen LogP) is 3.67. The maximum Gasteiger partial charge on any atom is 0.234 e. The molecule has 5 heteroatoms. The van der Waals surface area contributed by atoms with E-state index >= 15 is 0 Å². The molecule has 0 aromatic heterocycles. The minimum absolute atomic E-state index is 0.0785. The van der Waals surface area contributed by atoms with Gasteiger partial charge in [-0.25, -0.2) is 0 Å². The highest BCUT2D eigenvalue weighted by Crippen LogP contribution is 2.19. The first kappa shape index (κ1) is 21.1. The summed E-state index contributed by atoms with van der Waals surface area (Å²) in [5.41, 5.74) is 3.04. The Morgan fingerprint density at radius 2 is 1.62 bits per heavy atom. The highest BCUT2D eigenvalue weighted by atomic mass is 16.2. The second-order valence-electron chi connectivity index (χ2n) is 7.69. The molecule has 5 nitrogen and oxygen atoms in total. The van der Waals surface area contributed by atoms with Crippen LogP contribution in [-0.2, 0) is 4.79 Å². The van der Waals surface area contributed by atoms with Crippen LogP contribution in [0.1, 0.15) is 48.7 Å². The van der Waals surface area contributed by atoms with Crippen molar-refractivity contribution in [3.05, 3.63) is 65.7 Å². The number of hydrogen-bond acceptors (Lipinski definition) is 4. The van der Waals surface area contributed by atoms with Gasteiger partial charge in [0.2, 0.25) is 5.91 Å². The lowest BCUT2D eigenvalue weighted by Gasteiger charge is -2.36. The Labute approximate surface area is 173 Å². The maximum atomic E-state index is 12.6. The van der Waals surface area contributed by atoms with E-state index in [0.717, 1.165) is 50.3 Å². The fourth-order valence-electron chi connectivity index (χ4n) is 3.81. The summed E-state index contributed by atoms with van der Waals surface area (Å²) >= 11 is 0. The van der Waals surface area contributed by atoms with E-state index in [-0.39, 0.29) is 17.7 Å². The third-order valence-electron chi connectivity index (χ3n) is 5.49. The lowest BCUT2D eigenvalue weighted by Crippen LogP contribution is -2.49. The fraction of sp³-hybridized carbons (Fsp3) is 0.417. The van der Waals surface area contributed by atoms with Crippen molar-refractivity contribution >= 4 is 17.4 Å². The number of benzene rings is 2. The van der Waals surface area contributed by atoms with Crippen LogP contribution in [0.15, 0.2) is 54.6 Å². The molecule has 0 saturated carbocycles. The van der Waals surface area contributed by atoms with Crippen molar-refractivity contribution in [3.8, 4) is 0 Å². The van der Waals surface area contributed by atoms with Crippen LogP contribution in [0, 0.1) is 0 Å². The zero-order valence-corrected chi connectivity index (χ0v) is 17.4. The van der Waals surface area contributed by atoms with Gasteiger partial charge in [0.05, 0.1) is 12.6 Å². The summed E-state index contributed by atoms with van der Waals surface area (Å²) in [7, 11) is 0. The molecule has 1 fully saturated rings. The number of anilines is 1. The Bertz CT molecular complexity index is 797. The molecule has 0 unspecified atom stereocenters. The largest absolute Gasteiger partial charge is 0.369 e. The molecule has 1 heterocycles. The predicted molar refractivity (Wildman–Crippen MR) is 117 cm³/mol. The Kier molecular flexibility index (Phi) is 7.42. The summed E-state index contributed by atoms with van der Waals surface area (Å²) in [5, 5.41) is 3.22. The molecule has 0 spiro atoms. The smallest absolute Gasteiger partial charge is 0.234 e. The molecule has 1 aliphatic heterocycles. The monoisotopic (exact) mass is 393 g/mol. The number of hydrogen-bond donors (Lipinski definition) is 1. The van der Waals surface area contributed by atoms with Gasteiger partial charge in [-0.15, -0.1) is 0 Å². The molecule has 154 valence electrons. The Balaban J connectivity index is 1.49. The van der Waals surface area contributed by atoms with E-state index in [0.29, 0.717) is 6.54 Å². The number of amides is 1. The van der Waals surface area contributed by atoms with E-state index in [2.05, 4.69) is 34.2 Å². The van der Waals surface area contributed by atoms with E-state index in [1.165, 1.54) is 5.56 Å². The van der Waals surface area contributed by atoms with E-state index in [4.69, 9.17) is 0 Å². The summed E-state index contributed by atoms with van der Waals surface area (Å²) in [6.45, 7) is 7.63. The van der Waals surface area contributed by atoms with Crippen molar-refractivity contribution in [1.29, 1.82) is 0 Å². The van der Waals surface area contributed by atoms with Gasteiger partial charge < -0.3 is 10.2 Å². The van der Waals surface area contributed by atoms with Crippen LogP contribution < -0.4 is 10.2 Å². The van der Waals surface area contributed by atoms with Crippen LogP contribution in [0.3, 0.4) is 0 Å². The summed E-state index contributed by atoms with van der Waals surface area (Å²) < 4.78 is 0. The fourth-order valence-corrected chi connectivity index (χ4v) is 3.81. The molecular formula is C24H31N3O2. The second-order valence-corrected chi connectivity index (χ2v) is 7.69. The molecule has 0 aliphatic carbocycles. The van der Waals surface area contributed by atoms with Crippen LogP contribution in [0.4, 0.5) is 5.69 Å². The molecular weight excluding hydrogens is 362 g/mol. The molecule has 3 rings (SSSR count). The van der Waals surface area contributed by atoms with Gasteiger partial charge in [0.15, 0.2) is 5.78 Å². The quantitative estimate of drug-likeness (QED) is 0.696. The first-order valence-electron chi connectivity index (χ1n) is 10.5. The van der Waals surface area contributed by atoms with E-state index in [1.807, 2.05) is 42.5 Å². The van der Waals surface area contributed by atoms with Crippen LogP contribution in [0.2, 0.25) is 0 Å². The summed E-state index contributed by atoms with van der Waals surface area (Å²) in [6.07, 6.45) is 1.97. The average molecular weight is 394 g/mol. The second kappa shape index (κ2) is 10.2. The van der Waals surface area contributed by atoms with E-state index < -0.39 is 0 Å². The molecule has 1 N–H and O–H groups in total. The minimum Gasteiger partial charge on any atom is -0.369 e. The molecule has 2 aromatic carbocycles. The Morgan fingerprint density at radius 1 is 0.966 bits per heavy atom. The third kappa shape index (κ3) is 5.91. The van der Waals surface area contributed by atoms with Crippen molar-refractivity contribution in [2.24, 2.45) is 0 Å².